The maximum atomic E-state index is 13.4. The Bertz CT molecular complexity index is 579. The van der Waals surface area contributed by atoms with E-state index < -0.39 is 0 Å². The van der Waals surface area contributed by atoms with Crippen molar-refractivity contribution in [2.45, 2.75) is 0 Å². The fourth-order valence-corrected chi connectivity index (χ4v) is 2.32. The molecule has 0 amide bonds. The van der Waals surface area contributed by atoms with Crippen molar-refractivity contribution >= 4 is 22.2 Å². The molecule has 2 aromatic rings. The molecule has 18 heavy (non-hydrogen) atoms. The molecule has 0 aromatic heterocycles. The Morgan fingerprint density at radius 2 is 1.89 bits per heavy atom. The zero-order valence-electron chi connectivity index (χ0n) is 9.61. The number of hydrogen-bond donors (Lipinski definition) is 0. The average molecular weight is 309 g/mol. The van der Waals surface area contributed by atoms with Crippen LogP contribution in [0.3, 0.4) is 0 Å². The lowest BCUT2D eigenvalue weighted by Gasteiger charge is -2.11. The van der Waals surface area contributed by atoms with E-state index in [0.717, 1.165) is 11.8 Å². The second-order valence-electron chi connectivity index (χ2n) is 3.71. The SMILES string of the molecule is COc1c(Br)cc(F)cc1-c1ccc(C=O)cc1. The van der Waals surface area contributed by atoms with Crippen molar-refractivity contribution < 1.29 is 13.9 Å². The van der Waals surface area contributed by atoms with Crippen LogP contribution >= 0.6 is 15.9 Å². The number of carbonyl (C=O) groups is 1. The molecule has 2 nitrogen and oxygen atoms in total. The van der Waals surface area contributed by atoms with E-state index in [0.29, 0.717) is 21.3 Å². The van der Waals surface area contributed by atoms with Gasteiger partial charge in [-0.2, -0.15) is 0 Å². The van der Waals surface area contributed by atoms with Crippen LogP contribution in [0.15, 0.2) is 40.9 Å². The van der Waals surface area contributed by atoms with Crippen molar-refractivity contribution in [2.24, 2.45) is 0 Å². The number of aldehydes is 1. The molecule has 0 N–H and O–H groups in total. The minimum Gasteiger partial charge on any atom is -0.495 e. The van der Waals surface area contributed by atoms with Crippen LogP contribution in [-0.2, 0) is 0 Å². The number of halogens is 2. The first-order chi connectivity index (χ1) is 8.65. The Morgan fingerprint density at radius 3 is 2.44 bits per heavy atom. The van der Waals surface area contributed by atoms with Gasteiger partial charge in [-0.15, -0.1) is 0 Å². The van der Waals surface area contributed by atoms with Crippen LogP contribution in [0, 0.1) is 5.82 Å². The zero-order valence-corrected chi connectivity index (χ0v) is 11.2. The lowest BCUT2D eigenvalue weighted by Crippen LogP contribution is -1.91. The van der Waals surface area contributed by atoms with Crippen molar-refractivity contribution in [3.63, 3.8) is 0 Å². The number of methoxy groups -OCH3 is 1. The molecule has 0 aliphatic rings. The van der Waals surface area contributed by atoms with E-state index in [1.165, 1.54) is 19.2 Å². The molecular weight excluding hydrogens is 299 g/mol. The molecule has 0 saturated heterocycles. The Hall–Kier alpha value is -1.68. The molecule has 0 unspecified atom stereocenters. The highest BCUT2D eigenvalue weighted by atomic mass is 79.9. The van der Waals surface area contributed by atoms with Crippen LogP contribution < -0.4 is 4.74 Å². The third kappa shape index (κ3) is 2.43. The van der Waals surface area contributed by atoms with Crippen molar-refractivity contribution in [3.05, 3.63) is 52.3 Å². The minimum atomic E-state index is -0.350. The molecule has 0 radical (unpaired) electrons. The number of benzene rings is 2. The predicted molar refractivity (Wildman–Crippen MR) is 71.5 cm³/mol. The number of carbonyl (C=O) groups excluding carboxylic acids is 1. The highest BCUT2D eigenvalue weighted by Gasteiger charge is 2.11. The lowest BCUT2D eigenvalue weighted by atomic mass is 10.0. The first-order valence-corrected chi connectivity index (χ1v) is 6.03. The fourth-order valence-electron chi connectivity index (χ4n) is 1.72. The van der Waals surface area contributed by atoms with Gasteiger partial charge in [0.1, 0.15) is 17.9 Å². The highest BCUT2D eigenvalue weighted by Crippen LogP contribution is 2.37. The van der Waals surface area contributed by atoms with Crippen LogP contribution in [0.2, 0.25) is 0 Å². The van der Waals surface area contributed by atoms with E-state index in [2.05, 4.69) is 15.9 Å². The van der Waals surface area contributed by atoms with Crippen molar-refractivity contribution in [1.29, 1.82) is 0 Å². The first kappa shape index (κ1) is 12.8. The normalized spacial score (nSPS) is 10.2. The van der Waals surface area contributed by atoms with Crippen LogP contribution in [0.25, 0.3) is 11.1 Å². The highest BCUT2D eigenvalue weighted by molar-refractivity contribution is 9.10. The molecule has 0 atom stereocenters. The Kier molecular flexibility index (Phi) is 3.77. The van der Waals surface area contributed by atoms with E-state index >= 15 is 0 Å². The maximum absolute atomic E-state index is 13.4. The van der Waals surface area contributed by atoms with Gasteiger partial charge >= 0.3 is 0 Å². The second-order valence-corrected chi connectivity index (χ2v) is 4.56. The molecule has 2 aromatic carbocycles. The fraction of sp³-hybridized carbons (Fsp3) is 0.0714. The summed E-state index contributed by atoms with van der Waals surface area (Å²) in [7, 11) is 1.53. The smallest absolute Gasteiger partial charge is 0.150 e. The molecule has 0 fully saturated rings. The van der Waals surface area contributed by atoms with Crippen LogP contribution in [-0.4, -0.2) is 13.4 Å². The predicted octanol–water partition coefficient (Wildman–Crippen LogP) is 4.08. The molecule has 2 rings (SSSR count). The van der Waals surface area contributed by atoms with E-state index in [1.807, 2.05) is 0 Å². The molecule has 4 heteroatoms. The Morgan fingerprint density at radius 1 is 1.22 bits per heavy atom. The quantitative estimate of drug-likeness (QED) is 0.799. The summed E-state index contributed by atoms with van der Waals surface area (Å²) in [5.74, 6) is 0.215. The van der Waals surface area contributed by atoms with Gasteiger partial charge in [-0.3, -0.25) is 4.79 Å². The zero-order chi connectivity index (χ0) is 13.1. The molecule has 0 heterocycles. The number of rotatable bonds is 3. The summed E-state index contributed by atoms with van der Waals surface area (Å²) in [5, 5.41) is 0. The van der Waals surface area contributed by atoms with Crippen LogP contribution in [0.5, 0.6) is 5.75 Å². The minimum absolute atomic E-state index is 0.350. The third-order valence-corrected chi connectivity index (χ3v) is 3.16. The van der Waals surface area contributed by atoms with E-state index in [9.17, 15) is 9.18 Å². The van der Waals surface area contributed by atoms with Gasteiger partial charge in [-0.1, -0.05) is 24.3 Å². The van der Waals surface area contributed by atoms with Gasteiger partial charge in [0.15, 0.2) is 0 Å². The molecule has 0 bridgehead atoms. The Balaban J connectivity index is 2.58. The molecule has 0 spiro atoms. The summed E-state index contributed by atoms with van der Waals surface area (Å²) in [5.41, 5.74) is 2.01. The van der Waals surface area contributed by atoms with Gasteiger partial charge in [-0.25, -0.2) is 4.39 Å². The standard InChI is InChI=1S/C14H10BrFO2/c1-18-14-12(6-11(16)7-13(14)15)10-4-2-9(8-17)3-5-10/h2-8H,1H3. The van der Waals surface area contributed by atoms with Crippen molar-refractivity contribution in [1.82, 2.24) is 0 Å². The van der Waals surface area contributed by atoms with Crippen LogP contribution in [0.1, 0.15) is 10.4 Å². The number of ether oxygens (including phenoxy) is 1. The third-order valence-electron chi connectivity index (χ3n) is 2.57. The van der Waals surface area contributed by atoms with E-state index in [4.69, 9.17) is 4.74 Å². The topological polar surface area (TPSA) is 26.3 Å². The van der Waals surface area contributed by atoms with Gasteiger partial charge in [0.05, 0.1) is 11.6 Å². The largest absolute Gasteiger partial charge is 0.495 e. The summed E-state index contributed by atoms with van der Waals surface area (Å²) in [6, 6.07) is 9.63. The maximum Gasteiger partial charge on any atom is 0.150 e. The van der Waals surface area contributed by atoms with E-state index in [1.54, 1.807) is 24.3 Å². The molecular formula is C14H10BrFO2. The molecule has 0 saturated carbocycles. The van der Waals surface area contributed by atoms with Gasteiger partial charge in [0.2, 0.25) is 0 Å². The molecule has 0 aliphatic heterocycles. The molecule has 92 valence electrons. The first-order valence-electron chi connectivity index (χ1n) is 5.24. The summed E-state index contributed by atoms with van der Waals surface area (Å²) < 4.78 is 19.2. The van der Waals surface area contributed by atoms with Gasteiger partial charge in [0, 0.05) is 11.1 Å². The van der Waals surface area contributed by atoms with Crippen molar-refractivity contribution in [2.75, 3.05) is 7.11 Å². The molecule has 0 aliphatic carbocycles. The van der Waals surface area contributed by atoms with Crippen LogP contribution in [0.4, 0.5) is 4.39 Å². The van der Waals surface area contributed by atoms with E-state index in [-0.39, 0.29) is 5.82 Å². The monoisotopic (exact) mass is 308 g/mol. The van der Waals surface area contributed by atoms with Crippen molar-refractivity contribution in [3.8, 4) is 16.9 Å². The lowest BCUT2D eigenvalue weighted by molar-refractivity contribution is 0.112. The van der Waals surface area contributed by atoms with Gasteiger partial charge < -0.3 is 4.74 Å². The summed E-state index contributed by atoms with van der Waals surface area (Å²) in [4.78, 5) is 10.6. The second kappa shape index (κ2) is 5.31. The van der Waals surface area contributed by atoms with Gasteiger partial charge in [0.25, 0.3) is 0 Å². The number of hydrogen-bond acceptors (Lipinski definition) is 2. The van der Waals surface area contributed by atoms with Gasteiger partial charge in [-0.05, 0) is 33.6 Å². The average Bonchev–Trinajstić information content (AvgIpc) is 2.38. The summed E-state index contributed by atoms with van der Waals surface area (Å²) in [6.07, 6.45) is 0.766. The Labute approximate surface area is 113 Å². The summed E-state index contributed by atoms with van der Waals surface area (Å²) in [6.45, 7) is 0. The summed E-state index contributed by atoms with van der Waals surface area (Å²) >= 11 is 3.26.